The van der Waals surface area contributed by atoms with Crippen LogP contribution in [0.3, 0.4) is 0 Å². The highest BCUT2D eigenvalue weighted by molar-refractivity contribution is 5.92. The summed E-state index contributed by atoms with van der Waals surface area (Å²) >= 11 is 0. The molecule has 0 radical (unpaired) electrons. The minimum Gasteiger partial charge on any atom is -0.313 e. The molecule has 1 aliphatic rings. The maximum Gasteiger partial charge on any atom is 0.123 e. The Morgan fingerprint density at radius 1 is 0.893 bits per heavy atom. The SMILES string of the molecule is Fc1ccc(-c2nn3cc(C4=CCNCC4)ccc3c2-c2ccncc2)cc1. The summed E-state index contributed by atoms with van der Waals surface area (Å²) in [7, 11) is 0. The minimum absolute atomic E-state index is 0.252. The van der Waals surface area contributed by atoms with Crippen LogP contribution in [0.5, 0.6) is 0 Å². The second kappa shape index (κ2) is 7.02. The van der Waals surface area contributed by atoms with Gasteiger partial charge in [-0.2, -0.15) is 5.10 Å². The van der Waals surface area contributed by atoms with E-state index in [1.165, 1.54) is 23.3 Å². The summed E-state index contributed by atoms with van der Waals surface area (Å²) in [4.78, 5) is 4.13. The van der Waals surface area contributed by atoms with E-state index in [9.17, 15) is 4.39 Å². The van der Waals surface area contributed by atoms with Crippen LogP contribution < -0.4 is 5.32 Å². The van der Waals surface area contributed by atoms with Crippen LogP contribution in [0.4, 0.5) is 4.39 Å². The van der Waals surface area contributed by atoms with Crippen LogP contribution in [0, 0.1) is 5.82 Å². The predicted octanol–water partition coefficient (Wildman–Crippen LogP) is 4.58. The van der Waals surface area contributed by atoms with Crippen LogP contribution in [0.25, 0.3) is 33.5 Å². The minimum atomic E-state index is -0.252. The van der Waals surface area contributed by atoms with E-state index < -0.39 is 0 Å². The molecular weight excluding hydrogens is 351 g/mol. The van der Waals surface area contributed by atoms with Crippen LogP contribution in [0.15, 0.2) is 73.2 Å². The van der Waals surface area contributed by atoms with Crippen molar-refractivity contribution in [1.82, 2.24) is 19.9 Å². The van der Waals surface area contributed by atoms with E-state index in [0.29, 0.717) is 0 Å². The fraction of sp³-hybridized carbons (Fsp3) is 0.130. The first-order valence-corrected chi connectivity index (χ1v) is 9.38. The summed E-state index contributed by atoms with van der Waals surface area (Å²) in [5.41, 5.74) is 7.33. The molecule has 1 aromatic carbocycles. The van der Waals surface area contributed by atoms with Gasteiger partial charge in [-0.3, -0.25) is 4.98 Å². The van der Waals surface area contributed by atoms with Gasteiger partial charge < -0.3 is 5.32 Å². The normalized spacial score (nSPS) is 14.2. The Bertz CT molecular complexity index is 1160. The fourth-order valence-corrected chi connectivity index (χ4v) is 3.74. The molecule has 5 rings (SSSR count). The van der Waals surface area contributed by atoms with Gasteiger partial charge in [-0.05, 0) is 72.1 Å². The number of rotatable bonds is 3. The number of nitrogens with one attached hydrogen (secondary N) is 1. The van der Waals surface area contributed by atoms with Crippen LogP contribution in [0.2, 0.25) is 0 Å². The highest BCUT2D eigenvalue weighted by Gasteiger charge is 2.17. The van der Waals surface area contributed by atoms with Crippen LogP contribution >= 0.6 is 0 Å². The summed E-state index contributed by atoms with van der Waals surface area (Å²) in [6.45, 7) is 1.89. The summed E-state index contributed by atoms with van der Waals surface area (Å²) in [5.74, 6) is -0.252. The Morgan fingerprint density at radius 3 is 2.43 bits per heavy atom. The molecular formula is C23H19FN4. The first-order chi connectivity index (χ1) is 13.8. The van der Waals surface area contributed by atoms with Crippen molar-refractivity contribution in [2.45, 2.75) is 6.42 Å². The van der Waals surface area contributed by atoms with E-state index in [2.05, 4.69) is 34.7 Å². The zero-order valence-corrected chi connectivity index (χ0v) is 15.3. The van der Waals surface area contributed by atoms with Crippen LogP contribution in [-0.2, 0) is 0 Å². The molecule has 4 nitrogen and oxygen atoms in total. The smallest absolute Gasteiger partial charge is 0.123 e. The van der Waals surface area contributed by atoms with E-state index in [4.69, 9.17) is 5.10 Å². The molecule has 0 atom stereocenters. The van der Waals surface area contributed by atoms with Crippen LogP contribution in [-0.4, -0.2) is 27.7 Å². The third-order valence-electron chi connectivity index (χ3n) is 5.15. The number of pyridine rings is 2. The number of hydrogen-bond donors (Lipinski definition) is 1. The lowest BCUT2D eigenvalue weighted by atomic mass is 9.99. The lowest BCUT2D eigenvalue weighted by Crippen LogP contribution is -2.20. The molecule has 0 saturated carbocycles. The van der Waals surface area contributed by atoms with Crippen molar-refractivity contribution in [3.63, 3.8) is 0 Å². The van der Waals surface area contributed by atoms with Gasteiger partial charge in [0.1, 0.15) is 11.5 Å². The fourth-order valence-electron chi connectivity index (χ4n) is 3.74. The number of halogens is 1. The van der Waals surface area contributed by atoms with E-state index in [1.54, 1.807) is 24.5 Å². The molecule has 0 unspecified atom stereocenters. The molecule has 0 amide bonds. The van der Waals surface area contributed by atoms with Crippen LogP contribution in [0.1, 0.15) is 12.0 Å². The second-order valence-corrected chi connectivity index (χ2v) is 6.90. The topological polar surface area (TPSA) is 42.2 Å². The van der Waals surface area contributed by atoms with Crippen molar-refractivity contribution in [3.8, 4) is 22.4 Å². The van der Waals surface area contributed by atoms with Crippen molar-refractivity contribution in [1.29, 1.82) is 0 Å². The van der Waals surface area contributed by atoms with Crippen molar-refractivity contribution in [3.05, 3.63) is 84.6 Å². The molecule has 0 spiro atoms. The van der Waals surface area contributed by atoms with E-state index in [1.807, 2.05) is 16.6 Å². The first kappa shape index (κ1) is 16.8. The third-order valence-corrected chi connectivity index (χ3v) is 5.15. The van der Waals surface area contributed by atoms with Crippen molar-refractivity contribution in [2.24, 2.45) is 0 Å². The third kappa shape index (κ3) is 3.00. The zero-order chi connectivity index (χ0) is 18.9. The summed E-state index contributed by atoms with van der Waals surface area (Å²) < 4.78 is 15.4. The monoisotopic (exact) mass is 370 g/mol. The Labute approximate surface area is 162 Å². The molecule has 4 heterocycles. The van der Waals surface area contributed by atoms with E-state index in [0.717, 1.165) is 47.4 Å². The quantitative estimate of drug-likeness (QED) is 0.574. The summed E-state index contributed by atoms with van der Waals surface area (Å²) in [6, 6.07) is 14.7. The molecule has 0 fully saturated rings. The van der Waals surface area contributed by atoms with E-state index in [-0.39, 0.29) is 5.82 Å². The Hall–Kier alpha value is -3.31. The molecule has 1 aliphatic heterocycles. The molecule has 0 saturated heterocycles. The van der Waals surface area contributed by atoms with Gasteiger partial charge in [0.2, 0.25) is 0 Å². The van der Waals surface area contributed by atoms with Gasteiger partial charge >= 0.3 is 0 Å². The Kier molecular flexibility index (Phi) is 4.22. The number of aromatic nitrogens is 3. The van der Waals surface area contributed by atoms with Gasteiger partial charge in [-0.15, -0.1) is 0 Å². The predicted molar refractivity (Wildman–Crippen MR) is 109 cm³/mol. The second-order valence-electron chi connectivity index (χ2n) is 6.90. The largest absolute Gasteiger partial charge is 0.313 e. The molecule has 28 heavy (non-hydrogen) atoms. The maximum absolute atomic E-state index is 13.4. The number of fused-ring (bicyclic) bond motifs is 1. The number of nitrogens with zero attached hydrogens (tertiary/aromatic N) is 3. The molecule has 4 aromatic rings. The van der Waals surface area contributed by atoms with Gasteiger partial charge in [0.25, 0.3) is 0 Å². The van der Waals surface area contributed by atoms with Crippen molar-refractivity contribution < 1.29 is 4.39 Å². The van der Waals surface area contributed by atoms with Gasteiger partial charge in [-0.1, -0.05) is 12.1 Å². The first-order valence-electron chi connectivity index (χ1n) is 9.38. The lowest BCUT2D eigenvalue weighted by Gasteiger charge is -2.14. The zero-order valence-electron chi connectivity index (χ0n) is 15.3. The maximum atomic E-state index is 13.4. The number of hydrogen-bond acceptors (Lipinski definition) is 3. The molecule has 0 aliphatic carbocycles. The molecule has 138 valence electrons. The summed E-state index contributed by atoms with van der Waals surface area (Å²) in [6.07, 6.45) is 8.89. The van der Waals surface area contributed by atoms with Gasteiger partial charge in [0.15, 0.2) is 0 Å². The lowest BCUT2D eigenvalue weighted by molar-refractivity contribution is 0.628. The molecule has 0 bridgehead atoms. The van der Waals surface area contributed by atoms with Crippen molar-refractivity contribution >= 4 is 11.1 Å². The average molecular weight is 370 g/mol. The summed E-state index contributed by atoms with van der Waals surface area (Å²) in [5, 5.41) is 8.22. The average Bonchev–Trinajstić information content (AvgIpc) is 3.14. The van der Waals surface area contributed by atoms with Gasteiger partial charge in [0, 0.05) is 36.3 Å². The Balaban J connectivity index is 1.72. The van der Waals surface area contributed by atoms with Crippen molar-refractivity contribution in [2.75, 3.05) is 13.1 Å². The highest BCUT2D eigenvalue weighted by Crippen LogP contribution is 2.35. The number of benzene rings is 1. The van der Waals surface area contributed by atoms with E-state index >= 15 is 0 Å². The molecule has 3 aromatic heterocycles. The van der Waals surface area contributed by atoms with Gasteiger partial charge in [-0.25, -0.2) is 8.91 Å². The molecule has 5 heteroatoms. The highest BCUT2D eigenvalue weighted by atomic mass is 19.1. The standard InChI is InChI=1S/C23H19FN4/c24-20-4-1-18(2-5-20)23-22(17-9-13-26-14-10-17)21-6-3-19(15-28(21)27-23)16-7-11-25-12-8-16/h1-7,9-10,13-15,25H,8,11-12H2. The Morgan fingerprint density at radius 2 is 1.68 bits per heavy atom. The molecule has 1 N–H and O–H groups in total. The van der Waals surface area contributed by atoms with Gasteiger partial charge in [0.05, 0.1) is 5.52 Å².